The van der Waals surface area contributed by atoms with Gasteiger partial charge in [0.05, 0.1) is 24.8 Å². The fourth-order valence-electron chi connectivity index (χ4n) is 10.8. The summed E-state index contributed by atoms with van der Waals surface area (Å²) >= 11 is 0. The average Bonchev–Trinajstić information content (AvgIpc) is 3.22. The lowest BCUT2D eigenvalue weighted by molar-refractivity contribution is -0.00637. The van der Waals surface area contributed by atoms with Crippen LogP contribution in [0.3, 0.4) is 0 Å². The van der Waals surface area contributed by atoms with Crippen LogP contribution in [0.5, 0.6) is 5.75 Å². The third-order valence-electron chi connectivity index (χ3n) is 12.8. The summed E-state index contributed by atoms with van der Waals surface area (Å²) in [6.07, 6.45) is 8.93. The molecule has 4 bridgehead atoms. The minimum absolute atomic E-state index is 0.188. The van der Waals surface area contributed by atoms with E-state index in [0.29, 0.717) is 12.2 Å². The zero-order valence-electron chi connectivity index (χ0n) is 31.2. The molecular formula is C50H49NO3. The van der Waals surface area contributed by atoms with Crippen molar-refractivity contribution in [2.45, 2.75) is 55.9 Å². The maximum absolute atomic E-state index is 12.2. The molecule has 272 valence electrons. The summed E-state index contributed by atoms with van der Waals surface area (Å²) in [5.74, 6) is 3.26. The highest BCUT2D eigenvalue weighted by atomic mass is 16.5. The van der Waals surface area contributed by atoms with Crippen molar-refractivity contribution in [3.05, 3.63) is 173 Å². The molecular weight excluding hydrogens is 663 g/mol. The predicted molar refractivity (Wildman–Crippen MR) is 218 cm³/mol. The smallest absolute Gasteiger partial charge is 0.337 e. The normalized spacial score (nSPS) is 21.6. The van der Waals surface area contributed by atoms with E-state index in [0.717, 1.165) is 47.2 Å². The predicted octanol–water partition coefficient (Wildman–Crippen LogP) is 11.1. The Morgan fingerprint density at radius 1 is 0.648 bits per heavy atom. The fourth-order valence-corrected chi connectivity index (χ4v) is 10.8. The Morgan fingerprint density at radius 3 is 1.74 bits per heavy atom. The molecule has 54 heavy (non-hydrogen) atoms. The topological polar surface area (TPSA) is 47.6 Å². The van der Waals surface area contributed by atoms with Crippen LogP contribution < -0.4 is 10.1 Å². The molecule has 4 nitrogen and oxygen atoms in total. The molecule has 4 aliphatic rings. The number of esters is 1. The number of hydrogen-bond acceptors (Lipinski definition) is 4. The molecule has 4 fully saturated rings. The molecule has 0 aromatic heterocycles. The first-order valence-electron chi connectivity index (χ1n) is 19.8. The Kier molecular flexibility index (Phi) is 9.32. The van der Waals surface area contributed by atoms with Gasteiger partial charge in [-0.2, -0.15) is 0 Å². The van der Waals surface area contributed by atoms with Gasteiger partial charge in [-0.25, -0.2) is 4.79 Å². The Hall–Kier alpha value is -5.19. The lowest BCUT2D eigenvalue weighted by Crippen LogP contribution is -2.48. The summed E-state index contributed by atoms with van der Waals surface area (Å²) in [4.78, 5) is 12.2. The number of carbonyl (C=O) groups is 1. The van der Waals surface area contributed by atoms with Crippen LogP contribution in [0.25, 0.3) is 21.9 Å². The number of carbonyl (C=O) groups excluding carboxylic acids is 1. The largest absolute Gasteiger partial charge is 0.493 e. The summed E-state index contributed by atoms with van der Waals surface area (Å²) in [6.45, 7) is 1.43. The Labute approximate surface area is 319 Å². The average molecular weight is 712 g/mol. The highest BCUT2D eigenvalue weighted by molar-refractivity contribution is 5.96. The Morgan fingerprint density at radius 2 is 1.17 bits per heavy atom. The second-order valence-corrected chi connectivity index (χ2v) is 16.2. The summed E-state index contributed by atoms with van der Waals surface area (Å²) in [5, 5.41) is 6.19. The summed E-state index contributed by atoms with van der Waals surface area (Å²) < 4.78 is 11.8. The minimum atomic E-state index is -0.490. The van der Waals surface area contributed by atoms with Crippen molar-refractivity contribution in [3.8, 4) is 16.9 Å². The molecule has 0 amide bonds. The zero-order chi connectivity index (χ0) is 36.5. The summed E-state index contributed by atoms with van der Waals surface area (Å²) in [7, 11) is 1.43. The molecule has 1 N–H and O–H groups in total. The lowest BCUT2D eigenvalue weighted by Gasteiger charge is -2.57. The van der Waals surface area contributed by atoms with E-state index in [4.69, 9.17) is 9.47 Å². The molecule has 0 unspecified atom stereocenters. The molecule has 0 spiro atoms. The van der Waals surface area contributed by atoms with E-state index < -0.39 is 5.54 Å². The van der Waals surface area contributed by atoms with Gasteiger partial charge in [-0.3, -0.25) is 5.32 Å². The number of nitrogens with one attached hydrogen (secondary N) is 1. The molecule has 0 aliphatic heterocycles. The molecule has 4 saturated carbocycles. The first-order chi connectivity index (χ1) is 26.5. The number of fused-ring (bicyclic) bond motifs is 1. The second-order valence-electron chi connectivity index (χ2n) is 16.2. The van der Waals surface area contributed by atoms with Crippen LogP contribution in [0.1, 0.15) is 77.6 Å². The Bertz CT molecular complexity index is 2120. The maximum atomic E-state index is 12.2. The van der Waals surface area contributed by atoms with Gasteiger partial charge in [-0.1, -0.05) is 115 Å². The van der Waals surface area contributed by atoms with Crippen LogP contribution in [0.15, 0.2) is 146 Å². The number of ether oxygens (including phenoxy) is 2. The van der Waals surface area contributed by atoms with Crippen molar-refractivity contribution in [2.24, 2.45) is 17.8 Å². The van der Waals surface area contributed by atoms with Gasteiger partial charge in [-0.05, 0) is 144 Å². The van der Waals surface area contributed by atoms with E-state index in [1.165, 1.54) is 79.0 Å². The fraction of sp³-hybridized carbons (Fsp3) is 0.300. The zero-order valence-corrected chi connectivity index (χ0v) is 31.2. The standard InChI is InChI=1S/C50H49NO3/c1-53-48(52)42-21-20-38-29-39(18-19-40(38)30-42)41-22-23-47(46(31-41)49-32-35-26-36(33-49)28-37(27-35)34-49)54-25-11-24-51-50(43-12-5-2-6-13-43,44-14-7-3-8-15-44)45-16-9-4-10-17-45/h2-10,12-23,29-31,35-37,51H,11,24-28,32-34H2,1H3. The van der Waals surface area contributed by atoms with Gasteiger partial charge >= 0.3 is 5.97 Å². The molecule has 0 heterocycles. The maximum Gasteiger partial charge on any atom is 0.337 e. The highest BCUT2D eigenvalue weighted by Gasteiger charge is 2.52. The van der Waals surface area contributed by atoms with Gasteiger partial charge in [0.15, 0.2) is 0 Å². The highest BCUT2D eigenvalue weighted by Crippen LogP contribution is 2.62. The number of hydrogen-bond donors (Lipinski definition) is 1. The van der Waals surface area contributed by atoms with E-state index in [1.807, 2.05) is 18.2 Å². The van der Waals surface area contributed by atoms with Gasteiger partial charge in [0.2, 0.25) is 0 Å². The van der Waals surface area contributed by atoms with E-state index in [-0.39, 0.29) is 11.4 Å². The van der Waals surface area contributed by atoms with Crippen LogP contribution in [-0.4, -0.2) is 26.2 Å². The molecule has 10 rings (SSSR count). The van der Waals surface area contributed by atoms with Crippen molar-refractivity contribution >= 4 is 16.7 Å². The van der Waals surface area contributed by atoms with Crippen LogP contribution in [0.4, 0.5) is 0 Å². The van der Waals surface area contributed by atoms with Gasteiger partial charge in [-0.15, -0.1) is 0 Å². The van der Waals surface area contributed by atoms with E-state index in [2.05, 4.69) is 133 Å². The number of benzene rings is 6. The molecule has 6 aromatic rings. The van der Waals surface area contributed by atoms with Crippen LogP contribution in [0.2, 0.25) is 0 Å². The quantitative estimate of drug-likeness (QED) is 0.0780. The van der Waals surface area contributed by atoms with E-state index >= 15 is 0 Å². The monoisotopic (exact) mass is 711 g/mol. The Balaban J connectivity index is 0.998. The van der Waals surface area contributed by atoms with Crippen molar-refractivity contribution < 1.29 is 14.3 Å². The summed E-state index contributed by atoms with van der Waals surface area (Å²) in [5.41, 5.74) is 7.78. The number of methoxy groups -OCH3 is 1. The van der Waals surface area contributed by atoms with Gasteiger partial charge < -0.3 is 9.47 Å². The molecule has 0 atom stereocenters. The summed E-state index contributed by atoms with van der Waals surface area (Å²) in [6, 6.07) is 51.8. The third-order valence-corrected chi connectivity index (χ3v) is 12.8. The second kappa shape index (κ2) is 14.6. The van der Waals surface area contributed by atoms with Crippen molar-refractivity contribution in [1.82, 2.24) is 5.32 Å². The van der Waals surface area contributed by atoms with E-state index in [1.54, 1.807) is 0 Å². The number of rotatable bonds is 12. The van der Waals surface area contributed by atoms with Crippen molar-refractivity contribution in [2.75, 3.05) is 20.3 Å². The van der Waals surface area contributed by atoms with Crippen LogP contribution in [0, 0.1) is 17.8 Å². The lowest BCUT2D eigenvalue weighted by atomic mass is 9.48. The van der Waals surface area contributed by atoms with E-state index in [9.17, 15) is 4.79 Å². The van der Waals surface area contributed by atoms with Gasteiger partial charge in [0.1, 0.15) is 5.75 Å². The third kappa shape index (κ3) is 6.41. The van der Waals surface area contributed by atoms with Crippen LogP contribution >= 0.6 is 0 Å². The molecule has 6 aromatic carbocycles. The van der Waals surface area contributed by atoms with Crippen LogP contribution in [-0.2, 0) is 15.7 Å². The van der Waals surface area contributed by atoms with Crippen molar-refractivity contribution in [3.63, 3.8) is 0 Å². The molecule has 0 saturated heterocycles. The molecule has 4 heteroatoms. The van der Waals surface area contributed by atoms with Gasteiger partial charge in [0, 0.05) is 5.56 Å². The first-order valence-corrected chi connectivity index (χ1v) is 19.8. The first kappa shape index (κ1) is 34.6. The van der Waals surface area contributed by atoms with Gasteiger partial charge in [0.25, 0.3) is 0 Å². The SMILES string of the molecule is COC(=O)c1ccc2cc(-c3ccc(OCCCNC(c4ccccc4)(c4ccccc4)c4ccccc4)c(C45CC6CC(CC(C6)C4)C5)c3)ccc2c1. The molecule has 0 radical (unpaired) electrons. The minimum Gasteiger partial charge on any atom is -0.493 e. The molecule has 4 aliphatic carbocycles. The van der Waals surface area contributed by atoms with Crippen molar-refractivity contribution in [1.29, 1.82) is 0 Å².